The average molecular weight is 537 g/mol. The Morgan fingerprint density at radius 2 is 1.61 bits per heavy atom. The van der Waals surface area contributed by atoms with Crippen LogP contribution in [0.5, 0.6) is 5.75 Å². The number of rotatable bonds is 6. The maximum atomic E-state index is 12.6. The van der Waals surface area contributed by atoms with E-state index in [0.717, 1.165) is 24.4 Å². The van der Waals surface area contributed by atoms with Crippen LogP contribution in [0.2, 0.25) is 0 Å². The van der Waals surface area contributed by atoms with Crippen LogP contribution in [0.25, 0.3) is 17.1 Å². The first-order chi connectivity index (χ1) is 17.9. The molecule has 0 aliphatic carbocycles. The number of hydrogen-bond acceptors (Lipinski definition) is 6. The molecule has 0 fully saturated rings. The van der Waals surface area contributed by atoms with Crippen molar-refractivity contribution in [3.8, 4) is 22.8 Å². The van der Waals surface area contributed by atoms with Gasteiger partial charge in [-0.2, -0.15) is 13.2 Å². The third-order valence-corrected chi connectivity index (χ3v) is 5.05. The van der Waals surface area contributed by atoms with E-state index in [-0.39, 0.29) is 11.3 Å². The fourth-order valence-electron chi connectivity index (χ4n) is 3.21. The number of carbonyl (C=O) groups is 1. The van der Waals surface area contributed by atoms with Gasteiger partial charge in [-0.15, -0.1) is 18.3 Å². The van der Waals surface area contributed by atoms with Crippen molar-refractivity contribution in [2.24, 2.45) is 0 Å². The van der Waals surface area contributed by atoms with Crippen molar-refractivity contribution in [3.05, 3.63) is 84.4 Å². The van der Waals surface area contributed by atoms with Crippen LogP contribution in [0, 0.1) is 0 Å². The number of amides is 1. The van der Waals surface area contributed by atoms with Crippen molar-refractivity contribution < 1.29 is 40.6 Å². The number of carbonyl (C=O) groups excluding carboxylic acids is 1. The number of aromatic nitrogens is 4. The lowest BCUT2D eigenvalue weighted by molar-refractivity contribution is -0.274. The number of pyridine rings is 1. The Labute approximate surface area is 210 Å². The highest BCUT2D eigenvalue weighted by atomic mass is 19.4. The molecule has 4 rings (SSSR count). The zero-order chi connectivity index (χ0) is 27.5. The summed E-state index contributed by atoms with van der Waals surface area (Å²) in [6, 6.07) is 13.4. The molecule has 1 unspecified atom stereocenters. The Morgan fingerprint density at radius 1 is 0.921 bits per heavy atom. The number of halogens is 6. The smallest absolute Gasteiger partial charge is 0.441 e. The van der Waals surface area contributed by atoms with E-state index in [0.29, 0.717) is 22.8 Å². The van der Waals surface area contributed by atoms with Gasteiger partial charge in [0.2, 0.25) is 0 Å². The van der Waals surface area contributed by atoms with Gasteiger partial charge >= 0.3 is 18.6 Å². The summed E-state index contributed by atoms with van der Waals surface area (Å²) in [4.78, 5) is 19.7. The Hall–Kier alpha value is -4.62. The van der Waals surface area contributed by atoms with Gasteiger partial charge in [0.15, 0.2) is 5.82 Å². The molecule has 4 aromatic rings. The minimum absolute atomic E-state index is 0.285. The third-order valence-electron chi connectivity index (χ3n) is 5.05. The van der Waals surface area contributed by atoms with Crippen LogP contribution in [0.3, 0.4) is 0 Å². The van der Waals surface area contributed by atoms with Gasteiger partial charge in [-0.3, -0.25) is 10.3 Å². The lowest BCUT2D eigenvalue weighted by Crippen LogP contribution is -2.17. The molecule has 0 aliphatic rings. The molecular weight excluding hydrogens is 520 g/mol. The zero-order valence-corrected chi connectivity index (χ0v) is 19.3. The van der Waals surface area contributed by atoms with Gasteiger partial charge in [0.1, 0.15) is 23.9 Å². The molecule has 0 bridgehead atoms. The fourth-order valence-corrected chi connectivity index (χ4v) is 3.21. The second-order valence-corrected chi connectivity index (χ2v) is 7.78. The Kier molecular flexibility index (Phi) is 7.23. The summed E-state index contributed by atoms with van der Waals surface area (Å²) in [5, 5.41) is 6.80. The molecule has 2 aromatic carbocycles. The van der Waals surface area contributed by atoms with Crippen molar-refractivity contribution >= 4 is 11.8 Å². The molecule has 0 radical (unpaired) electrons. The van der Waals surface area contributed by atoms with Crippen molar-refractivity contribution in [2.75, 3.05) is 5.32 Å². The van der Waals surface area contributed by atoms with E-state index in [9.17, 15) is 31.1 Å². The van der Waals surface area contributed by atoms with Crippen LogP contribution in [-0.4, -0.2) is 32.2 Å². The van der Waals surface area contributed by atoms with Crippen LogP contribution in [0.4, 0.5) is 36.8 Å². The molecule has 1 N–H and O–H groups in total. The topological polar surface area (TPSA) is 91.2 Å². The number of nitrogens with one attached hydrogen (secondary N) is 1. The maximum absolute atomic E-state index is 12.6. The zero-order valence-electron chi connectivity index (χ0n) is 19.3. The van der Waals surface area contributed by atoms with Gasteiger partial charge in [-0.25, -0.2) is 14.5 Å². The quantitative estimate of drug-likeness (QED) is 0.280. The summed E-state index contributed by atoms with van der Waals surface area (Å²) in [6.45, 7) is 1.49. The normalized spacial score (nSPS) is 12.6. The number of anilines is 1. The SMILES string of the molecule is CC(OC(=O)Nc1ccc(-c2ncn(-c3ccc(OC(F)(F)F)cc3)n2)cc1)c1ccc(C(F)(F)F)nc1. The molecule has 198 valence electrons. The van der Waals surface area contributed by atoms with E-state index in [1.54, 1.807) is 24.3 Å². The Balaban J connectivity index is 1.35. The van der Waals surface area contributed by atoms with Gasteiger partial charge in [0, 0.05) is 23.0 Å². The minimum atomic E-state index is -4.79. The minimum Gasteiger partial charge on any atom is -0.441 e. The van der Waals surface area contributed by atoms with Crippen molar-refractivity contribution in [3.63, 3.8) is 0 Å². The van der Waals surface area contributed by atoms with Gasteiger partial charge in [0.25, 0.3) is 0 Å². The fraction of sp³-hybridized carbons (Fsp3) is 0.167. The van der Waals surface area contributed by atoms with E-state index in [2.05, 4.69) is 25.1 Å². The van der Waals surface area contributed by atoms with E-state index >= 15 is 0 Å². The first-order valence-electron chi connectivity index (χ1n) is 10.8. The molecule has 0 saturated carbocycles. The monoisotopic (exact) mass is 537 g/mol. The van der Waals surface area contributed by atoms with Crippen molar-refractivity contribution in [2.45, 2.75) is 25.6 Å². The number of benzene rings is 2. The molecule has 38 heavy (non-hydrogen) atoms. The van der Waals surface area contributed by atoms with Crippen LogP contribution < -0.4 is 10.1 Å². The molecule has 0 aliphatic heterocycles. The summed E-state index contributed by atoms with van der Waals surface area (Å²) in [7, 11) is 0. The summed E-state index contributed by atoms with van der Waals surface area (Å²) in [6.07, 6.45) is -8.67. The molecule has 14 heteroatoms. The summed E-state index contributed by atoms with van der Waals surface area (Å²) < 4.78 is 85.3. The first kappa shape index (κ1) is 26.4. The Morgan fingerprint density at radius 3 is 2.18 bits per heavy atom. The van der Waals surface area contributed by atoms with Crippen LogP contribution in [-0.2, 0) is 10.9 Å². The van der Waals surface area contributed by atoms with Crippen LogP contribution >= 0.6 is 0 Å². The second kappa shape index (κ2) is 10.4. The predicted octanol–water partition coefficient (Wildman–Crippen LogP) is 6.56. The molecule has 1 atom stereocenters. The van der Waals surface area contributed by atoms with E-state index < -0.39 is 30.4 Å². The predicted molar refractivity (Wildman–Crippen MR) is 121 cm³/mol. The number of ether oxygens (including phenoxy) is 2. The molecule has 8 nitrogen and oxygen atoms in total. The second-order valence-electron chi connectivity index (χ2n) is 7.78. The maximum Gasteiger partial charge on any atom is 0.573 e. The summed E-state index contributed by atoms with van der Waals surface area (Å²) in [5.74, 6) is -0.0493. The third kappa shape index (κ3) is 6.78. The highest BCUT2D eigenvalue weighted by molar-refractivity contribution is 5.85. The molecular formula is C24H17F6N5O3. The summed E-state index contributed by atoms with van der Waals surface area (Å²) in [5.41, 5.74) is 0.648. The van der Waals surface area contributed by atoms with Crippen LogP contribution in [0.15, 0.2) is 73.2 Å². The molecule has 2 heterocycles. The number of hydrogen-bond donors (Lipinski definition) is 1. The van der Waals surface area contributed by atoms with Gasteiger partial charge < -0.3 is 9.47 Å². The lowest BCUT2D eigenvalue weighted by Gasteiger charge is -2.15. The van der Waals surface area contributed by atoms with Crippen LogP contribution in [0.1, 0.15) is 24.3 Å². The summed E-state index contributed by atoms with van der Waals surface area (Å²) >= 11 is 0. The largest absolute Gasteiger partial charge is 0.573 e. The lowest BCUT2D eigenvalue weighted by atomic mass is 10.2. The van der Waals surface area contributed by atoms with Gasteiger partial charge in [0.05, 0.1) is 5.69 Å². The van der Waals surface area contributed by atoms with Crippen molar-refractivity contribution in [1.82, 2.24) is 19.7 Å². The average Bonchev–Trinajstić information content (AvgIpc) is 3.34. The molecule has 1 amide bonds. The van der Waals surface area contributed by atoms with E-state index in [1.807, 2.05) is 0 Å². The number of alkyl halides is 6. The molecule has 0 spiro atoms. The Bertz CT molecular complexity index is 1390. The highest BCUT2D eigenvalue weighted by Gasteiger charge is 2.32. The van der Waals surface area contributed by atoms with E-state index in [1.165, 1.54) is 36.1 Å². The number of nitrogens with zero attached hydrogens (tertiary/aromatic N) is 4. The highest BCUT2D eigenvalue weighted by Crippen LogP contribution is 2.29. The van der Waals surface area contributed by atoms with E-state index in [4.69, 9.17) is 4.74 Å². The molecule has 0 saturated heterocycles. The first-order valence-corrected chi connectivity index (χ1v) is 10.8. The standard InChI is InChI=1S/C24H17F6N5O3/c1-14(16-4-11-20(31-12-16)23(25,26)27)37-22(36)33-17-5-2-15(3-6-17)21-32-13-35(34-21)18-7-9-19(10-8-18)38-24(28,29)30/h2-14H,1H3,(H,33,36). The molecule has 2 aromatic heterocycles. The van der Waals surface area contributed by atoms with Crippen molar-refractivity contribution in [1.29, 1.82) is 0 Å². The van der Waals surface area contributed by atoms with Gasteiger partial charge in [-0.1, -0.05) is 6.07 Å². The van der Waals surface area contributed by atoms with Gasteiger partial charge in [-0.05, 0) is 61.5 Å².